The number of hydrogen-bond donors (Lipinski definition) is 3. The number of amides is 2. The lowest BCUT2D eigenvalue weighted by molar-refractivity contribution is -0.144. The van der Waals surface area contributed by atoms with Crippen LogP contribution in [0.5, 0.6) is 0 Å². The van der Waals surface area contributed by atoms with Crippen LogP contribution in [0.1, 0.15) is 45.1 Å². The highest BCUT2D eigenvalue weighted by molar-refractivity contribution is 5.94. The van der Waals surface area contributed by atoms with Crippen molar-refractivity contribution >= 4 is 17.7 Å². The third kappa shape index (κ3) is 3.54. The first kappa shape index (κ1) is 15.4. The van der Waals surface area contributed by atoms with E-state index in [-0.39, 0.29) is 5.92 Å². The molecule has 0 aromatic heterocycles. The molecule has 2 rings (SSSR count). The first-order valence-electron chi connectivity index (χ1n) is 7.25. The van der Waals surface area contributed by atoms with Crippen LogP contribution in [0.3, 0.4) is 0 Å². The maximum Gasteiger partial charge on any atom is 0.329 e. The molecule has 5 heteroatoms. The van der Waals surface area contributed by atoms with Gasteiger partial charge in [-0.05, 0) is 49.3 Å². The van der Waals surface area contributed by atoms with Crippen LogP contribution in [-0.4, -0.2) is 22.6 Å². The summed E-state index contributed by atoms with van der Waals surface area (Å²) in [5.41, 5.74) is 0.650. The Morgan fingerprint density at radius 2 is 1.81 bits per heavy atom. The van der Waals surface area contributed by atoms with E-state index < -0.39 is 17.5 Å². The topological polar surface area (TPSA) is 78.4 Å². The van der Waals surface area contributed by atoms with Gasteiger partial charge in [0.25, 0.3) is 0 Å². The van der Waals surface area contributed by atoms with E-state index in [1.165, 1.54) is 5.56 Å². The van der Waals surface area contributed by atoms with Crippen LogP contribution < -0.4 is 10.6 Å². The average molecular weight is 290 g/mol. The second-order valence-electron chi connectivity index (χ2n) is 6.14. The van der Waals surface area contributed by atoms with Gasteiger partial charge in [0, 0.05) is 5.69 Å². The average Bonchev–Trinajstić information content (AvgIpc) is 3.23. The first-order chi connectivity index (χ1) is 9.83. The van der Waals surface area contributed by atoms with Gasteiger partial charge in [0.2, 0.25) is 0 Å². The Balaban J connectivity index is 1.99. The fraction of sp³-hybridized carbons (Fsp3) is 0.500. The molecule has 0 heterocycles. The summed E-state index contributed by atoms with van der Waals surface area (Å²) in [6, 6.07) is 7.08. The molecule has 1 unspecified atom stereocenters. The molecule has 1 aromatic carbocycles. The molecule has 1 atom stereocenters. The van der Waals surface area contributed by atoms with E-state index >= 15 is 0 Å². The van der Waals surface area contributed by atoms with Crippen LogP contribution in [0.2, 0.25) is 0 Å². The number of carbonyl (C=O) groups is 2. The fourth-order valence-corrected chi connectivity index (χ4v) is 2.34. The minimum Gasteiger partial charge on any atom is -0.480 e. The van der Waals surface area contributed by atoms with Gasteiger partial charge in [-0.25, -0.2) is 9.59 Å². The second kappa shape index (κ2) is 5.76. The lowest BCUT2D eigenvalue weighted by Crippen LogP contribution is -2.55. The lowest BCUT2D eigenvalue weighted by atomic mass is 9.96. The largest absolute Gasteiger partial charge is 0.480 e. The summed E-state index contributed by atoms with van der Waals surface area (Å²) >= 11 is 0. The molecule has 114 valence electrons. The van der Waals surface area contributed by atoms with Gasteiger partial charge >= 0.3 is 12.0 Å². The highest BCUT2D eigenvalue weighted by Gasteiger charge is 2.48. The SMILES string of the molecule is CC(C)c1ccc(NC(=O)NC(C)(C(=O)O)C2CC2)cc1. The standard InChI is InChI=1S/C16H22N2O3/c1-10(2)11-4-8-13(9-5-11)17-15(21)18-16(3,14(19)20)12-6-7-12/h4-5,8-10,12H,6-7H2,1-3H3,(H,19,20)(H2,17,18,21). The van der Waals surface area contributed by atoms with Crippen LogP contribution in [0.4, 0.5) is 10.5 Å². The Bertz CT molecular complexity index is 535. The number of carboxylic acid groups (broad SMARTS) is 1. The number of nitrogens with one attached hydrogen (secondary N) is 2. The number of aliphatic carboxylic acids is 1. The van der Waals surface area contributed by atoms with Gasteiger partial charge in [0.05, 0.1) is 0 Å². The van der Waals surface area contributed by atoms with Crippen LogP contribution in [0.15, 0.2) is 24.3 Å². The van der Waals surface area contributed by atoms with Crippen molar-refractivity contribution in [2.24, 2.45) is 5.92 Å². The molecule has 3 N–H and O–H groups in total. The molecule has 0 saturated heterocycles. The zero-order chi connectivity index (χ0) is 15.6. The molecule has 21 heavy (non-hydrogen) atoms. The molecule has 1 aromatic rings. The summed E-state index contributed by atoms with van der Waals surface area (Å²) in [6.07, 6.45) is 1.68. The zero-order valence-corrected chi connectivity index (χ0v) is 12.6. The highest BCUT2D eigenvalue weighted by atomic mass is 16.4. The van der Waals surface area contributed by atoms with Crippen molar-refractivity contribution in [1.82, 2.24) is 5.32 Å². The second-order valence-corrected chi connectivity index (χ2v) is 6.14. The van der Waals surface area contributed by atoms with Crippen molar-refractivity contribution < 1.29 is 14.7 Å². The summed E-state index contributed by atoms with van der Waals surface area (Å²) in [4.78, 5) is 23.4. The molecular weight excluding hydrogens is 268 g/mol. The van der Waals surface area contributed by atoms with Gasteiger partial charge in [-0.2, -0.15) is 0 Å². The number of benzene rings is 1. The number of carboxylic acids is 1. The fourth-order valence-electron chi connectivity index (χ4n) is 2.34. The summed E-state index contributed by atoms with van der Waals surface area (Å²) in [7, 11) is 0. The molecule has 0 radical (unpaired) electrons. The third-order valence-corrected chi connectivity index (χ3v) is 4.05. The minimum atomic E-state index is -1.19. The number of anilines is 1. The molecule has 0 bridgehead atoms. The molecule has 0 aliphatic heterocycles. The van der Waals surface area contributed by atoms with E-state index in [2.05, 4.69) is 24.5 Å². The van der Waals surface area contributed by atoms with Crippen LogP contribution in [0, 0.1) is 5.92 Å². The molecule has 0 spiro atoms. The van der Waals surface area contributed by atoms with E-state index in [0.29, 0.717) is 11.6 Å². The highest BCUT2D eigenvalue weighted by Crippen LogP contribution is 2.39. The monoisotopic (exact) mass is 290 g/mol. The first-order valence-corrected chi connectivity index (χ1v) is 7.25. The Morgan fingerprint density at radius 3 is 2.24 bits per heavy atom. The summed E-state index contributed by atoms with van der Waals surface area (Å²) < 4.78 is 0. The van der Waals surface area contributed by atoms with E-state index in [1.54, 1.807) is 6.92 Å². The van der Waals surface area contributed by atoms with Crippen LogP contribution in [-0.2, 0) is 4.79 Å². The molecular formula is C16H22N2O3. The van der Waals surface area contributed by atoms with Gasteiger partial charge in [-0.1, -0.05) is 26.0 Å². The summed E-state index contributed by atoms with van der Waals surface area (Å²) in [5, 5.41) is 14.6. The third-order valence-electron chi connectivity index (χ3n) is 4.05. The number of hydrogen-bond acceptors (Lipinski definition) is 2. The summed E-state index contributed by atoms with van der Waals surface area (Å²) in [6.45, 7) is 5.76. The zero-order valence-electron chi connectivity index (χ0n) is 12.6. The number of rotatable bonds is 5. The van der Waals surface area contributed by atoms with Gasteiger partial charge in [-0.15, -0.1) is 0 Å². The summed E-state index contributed by atoms with van der Waals surface area (Å²) in [5.74, 6) is -0.544. The molecule has 1 saturated carbocycles. The van der Waals surface area contributed by atoms with Crippen molar-refractivity contribution in [1.29, 1.82) is 0 Å². The van der Waals surface area contributed by atoms with Gasteiger partial charge in [0.15, 0.2) is 0 Å². The van der Waals surface area contributed by atoms with E-state index in [0.717, 1.165) is 12.8 Å². The Morgan fingerprint density at radius 1 is 1.24 bits per heavy atom. The maximum absolute atomic E-state index is 12.0. The van der Waals surface area contributed by atoms with Crippen molar-refractivity contribution in [3.63, 3.8) is 0 Å². The molecule has 1 fully saturated rings. The Kier molecular flexibility index (Phi) is 4.21. The predicted octanol–water partition coefficient (Wildman–Crippen LogP) is 3.18. The van der Waals surface area contributed by atoms with Crippen molar-refractivity contribution in [2.45, 2.75) is 45.1 Å². The maximum atomic E-state index is 12.0. The Labute approximate surface area is 124 Å². The minimum absolute atomic E-state index is 0.0177. The number of urea groups is 1. The van der Waals surface area contributed by atoms with Crippen molar-refractivity contribution in [2.75, 3.05) is 5.32 Å². The van der Waals surface area contributed by atoms with E-state index in [4.69, 9.17) is 0 Å². The van der Waals surface area contributed by atoms with Gasteiger partial charge < -0.3 is 15.7 Å². The predicted molar refractivity (Wildman–Crippen MR) is 81.5 cm³/mol. The van der Waals surface area contributed by atoms with Crippen LogP contribution in [0.25, 0.3) is 0 Å². The van der Waals surface area contributed by atoms with E-state index in [9.17, 15) is 14.7 Å². The normalized spacial score (nSPS) is 17.1. The van der Waals surface area contributed by atoms with Crippen LogP contribution >= 0.6 is 0 Å². The van der Waals surface area contributed by atoms with E-state index in [1.807, 2.05) is 24.3 Å². The van der Waals surface area contributed by atoms with Gasteiger partial charge in [-0.3, -0.25) is 0 Å². The van der Waals surface area contributed by atoms with Crippen molar-refractivity contribution in [3.05, 3.63) is 29.8 Å². The van der Waals surface area contributed by atoms with Gasteiger partial charge in [0.1, 0.15) is 5.54 Å². The smallest absolute Gasteiger partial charge is 0.329 e. The molecule has 1 aliphatic carbocycles. The molecule has 2 amide bonds. The quantitative estimate of drug-likeness (QED) is 0.779. The number of carbonyl (C=O) groups excluding carboxylic acids is 1. The molecule has 1 aliphatic rings. The lowest BCUT2D eigenvalue weighted by Gasteiger charge is -2.26. The van der Waals surface area contributed by atoms with Crippen molar-refractivity contribution in [3.8, 4) is 0 Å². The Hall–Kier alpha value is -2.04. The molecule has 5 nitrogen and oxygen atoms in total.